The van der Waals surface area contributed by atoms with Gasteiger partial charge in [-0.3, -0.25) is 4.79 Å². The second kappa shape index (κ2) is 3.70. The van der Waals surface area contributed by atoms with E-state index in [1.54, 1.807) is 0 Å². The van der Waals surface area contributed by atoms with E-state index in [2.05, 4.69) is 37.1 Å². The Bertz CT molecular complexity index is 655. The fourth-order valence-corrected chi connectivity index (χ4v) is 5.94. The molecule has 1 saturated carbocycles. The second-order valence-electron chi connectivity index (χ2n) is 7.50. The Morgan fingerprint density at radius 1 is 1.33 bits per heavy atom. The van der Waals surface area contributed by atoms with Gasteiger partial charge in [-0.05, 0) is 49.9 Å². The number of benzene rings is 1. The van der Waals surface area contributed by atoms with Crippen molar-refractivity contribution >= 4 is 5.78 Å². The molecule has 0 aromatic heterocycles. The number of hydrogen-bond acceptors (Lipinski definition) is 3. The molecule has 3 heteroatoms. The maximum Gasteiger partial charge on any atom is 0.174 e. The summed E-state index contributed by atoms with van der Waals surface area (Å²) in [6.07, 6.45) is 2.65. The van der Waals surface area contributed by atoms with E-state index in [1.165, 1.54) is 11.1 Å². The van der Waals surface area contributed by atoms with Gasteiger partial charge in [0.25, 0.3) is 0 Å². The van der Waals surface area contributed by atoms with E-state index in [4.69, 9.17) is 4.74 Å². The average Bonchev–Trinajstić information content (AvgIpc) is 2.80. The van der Waals surface area contributed by atoms with E-state index in [1.807, 2.05) is 0 Å². The molecular weight excluding hydrogens is 262 g/mol. The molecule has 1 aromatic carbocycles. The van der Waals surface area contributed by atoms with Crippen LogP contribution in [0.5, 0.6) is 5.75 Å². The molecule has 1 saturated heterocycles. The fourth-order valence-electron chi connectivity index (χ4n) is 5.94. The molecule has 0 radical (unpaired) electrons. The van der Waals surface area contributed by atoms with E-state index < -0.39 is 0 Å². The fraction of sp³-hybridized carbons (Fsp3) is 0.611. The normalized spacial score (nSPS) is 43.4. The lowest BCUT2D eigenvalue weighted by molar-refractivity contribution is -0.143. The number of ketones is 1. The number of rotatable bonds is 0. The van der Waals surface area contributed by atoms with Gasteiger partial charge in [0.15, 0.2) is 11.9 Å². The molecule has 1 aromatic rings. The number of carbonyl (C=O) groups excluding carboxylic acids is 1. The number of Topliss-reactive ketones (excluding diaryl/α,β-unsaturated/α-hetero) is 1. The summed E-state index contributed by atoms with van der Waals surface area (Å²) in [5.41, 5.74) is 2.78. The molecule has 1 spiro atoms. The molecule has 2 fully saturated rings. The molecule has 5 rings (SSSR count). The smallest absolute Gasteiger partial charge is 0.174 e. The number of piperidine rings is 1. The molecule has 21 heavy (non-hydrogen) atoms. The van der Waals surface area contributed by atoms with E-state index in [0.29, 0.717) is 30.1 Å². The highest BCUT2D eigenvalue weighted by Gasteiger charge is 2.66. The van der Waals surface area contributed by atoms with Gasteiger partial charge < -0.3 is 9.64 Å². The van der Waals surface area contributed by atoms with Crippen LogP contribution in [0.4, 0.5) is 0 Å². The van der Waals surface area contributed by atoms with Crippen LogP contribution in [-0.2, 0) is 16.6 Å². The third-order valence-corrected chi connectivity index (χ3v) is 6.60. The number of likely N-dealkylation sites (tertiary alicyclic amines) is 1. The summed E-state index contributed by atoms with van der Waals surface area (Å²) in [5, 5.41) is 0. The van der Waals surface area contributed by atoms with Crippen molar-refractivity contribution in [2.75, 3.05) is 13.6 Å². The molecule has 3 nitrogen and oxygen atoms in total. The highest BCUT2D eigenvalue weighted by molar-refractivity contribution is 5.89. The maximum atomic E-state index is 12.7. The van der Waals surface area contributed by atoms with Crippen LogP contribution in [0.25, 0.3) is 0 Å². The molecule has 0 N–H and O–H groups in total. The van der Waals surface area contributed by atoms with Crippen LogP contribution in [0.15, 0.2) is 18.2 Å². The van der Waals surface area contributed by atoms with Gasteiger partial charge >= 0.3 is 0 Å². The van der Waals surface area contributed by atoms with Crippen LogP contribution in [0.2, 0.25) is 0 Å². The lowest BCUT2D eigenvalue weighted by Crippen LogP contribution is -2.67. The van der Waals surface area contributed by atoms with Crippen LogP contribution in [-0.4, -0.2) is 36.4 Å². The van der Waals surface area contributed by atoms with Gasteiger partial charge in [-0.1, -0.05) is 19.1 Å². The monoisotopic (exact) mass is 283 g/mol. The Hall–Kier alpha value is -1.35. The highest BCUT2D eigenvalue weighted by Crippen LogP contribution is 2.62. The number of nitrogens with zero attached hydrogens (tertiary/aromatic N) is 1. The number of ether oxygens (including phenoxy) is 1. The Morgan fingerprint density at radius 3 is 3.05 bits per heavy atom. The number of hydrogen-bond donors (Lipinski definition) is 0. The van der Waals surface area contributed by atoms with Crippen LogP contribution in [0.1, 0.15) is 30.9 Å². The molecule has 0 amide bonds. The summed E-state index contributed by atoms with van der Waals surface area (Å²) < 4.78 is 6.21. The lowest BCUT2D eigenvalue weighted by atomic mass is 9.49. The van der Waals surface area contributed by atoms with Gasteiger partial charge in [0.2, 0.25) is 0 Å². The summed E-state index contributed by atoms with van der Waals surface area (Å²) in [5.74, 6) is 2.35. The Kier molecular flexibility index (Phi) is 2.15. The Balaban J connectivity index is 1.83. The standard InChI is InChI=1S/C18H21NO2/c1-10-8-13(20)17-18-6-7-19(2)12(15(10)18)9-11-4-3-5-14(21-17)16(11)18/h3-5,10,12,15,17H,6-9H2,1-2H3/t10-,12+,15-,17-,18-/m0/s1. The molecule has 0 unspecified atom stereocenters. The maximum absolute atomic E-state index is 12.7. The SMILES string of the molecule is C[C@H]1CC(=O)[C@@H]2Oc3cccc4c3[C@@]23CCN(C)[C@H](C4)[C@H]13. The van der Waals surface area contributed by atoms with Crippen molar-refractivity contribution in [2.24, 2.45) is 11.8 Å². The molecule has 2 heterocycles. The van der Waals surface area contributed by atoms with Crippen molar-refractivity contribution in [3.63, 3.8) is 0 Å². The predicted molar refractivity (Wildman–Crippen MR) is 79.6 cm³/mol. The molecule has 2 bridgehead atoms. The topological polar surface area (TPSA) is 29.5 Å². The summed E-state index contributed by atoms with van der Waals surface area (Å²) in [6.45, 7) is 3.35. The first-order chi connectivity index (χ1) is 10.1. The first kappa shape index (κ1) is 12.2. The lowest BCUT2D eigenvalue weighted by Gasteiger charge is -2.59. The predicted octanol–water partition coefficient (Wildman–Crippen LogP) is 2.17. The minimum atomic E-state index is -0.216. The van der Waals surface area contributed by atoms with Crippen LogP contribution in [0.3, 0.4) is 0 Å². The molecule has 4 aliphatic rings. The Morgan fingerprint density at radius 2 is 2.19 bits per heavy atom. The average molecular weight is 283 g/mol. The summed E-state index contributed by atoms with van der Waals surface area (Å²) >= 11 is 0. The highest BCUT2D eigenvalue weighted by atomic mass is 16.5. The van der Waals surface area contributed by atoms with E-state index >= 15 is 0 Å². The first-order valence-corrected chi connectivity index (χ1v) is 8.15. The molecule has 2 aliphatic carbocycles. The molecule has 2 aliphatic heterocycles. The molecular formula is C18H21NO2. The number of carbonyl (C=O) groups is 1. The van der Waals surface area contributed by atoms with Gasteiger partial charge in [0.05, 0.1) is 0 Å². The minimum Gasteiger partial charge on any atom is -0.481 e. The van der Waals surface area contributed by atoms with E-state index in [0.717, 1.165) is 25.1 Å². The van der Waals surface area contributed by atoms with Gasteiger partial charge in [0.1, 0.15) is 5.75 Å². The minimum absolute atomic E-state index is 0.0316. The third kappa shape index (κ3) is 1.24. The zero-order valence-corrected chi connectivity index (χ0v) is 12.6. The van der Waals surface area contributed by atoms with Gasteiger partial charge in [0, 0.05) is 23.4 Å². The van der Waals surface area contributed by atoms with E-state index in [-0.39, 0.29) is 11.5 Å². The van der Waals surface area contributed by atoms with Crippen molar-refractivity contribution in [3.05, 3.63) is 29.3 Å². The van der Waals surface area contributed by atoms with Crippen LogP contribution < -0.4 is 4.74 Å². The summed E-state index contributed by atoms with van der Waals surface area (Å²) in [4.78, 5) is 15.2. The van der Waals surface area contributed by atoms with Crippen molar-refractivity contribution in [1.82, 2.24) is 4.90 Å². The molecule has 110 valence electrons. The van der Waals surface area contributed by atoms with Crippen molar-refractivity contribution in [2.45, 2.75) is 43.7 Å². The first-order valence-electron chi connectivity index (χ1n) is 8.15. The Labute approximate surface area is 125 Å². The van der Waals surface area contributed by atoms with Gasteiger partial charge in [-0.25, -0.2) is 0 Å². The van der Waals surface area contributed by atoms with Gasteiger partial charge in [-0.15, -0.1) is 0 Å². The van der Waals surface area contributed by atoms with Gasteiger partial charge in [-0.2, -0.15) is 0 Å². The van der Waals surface area contributed by atoms with Crippen molar-refractivity contribution in [3.8, 4) is 5.75 Å². The van der Waals surface area contributed by atoms with Crippen molar-refractivity contribution < 1.29 is 9.53 Å². The van der Waals surface area contributed by atoms with Crippen molar-refractivity contribution in [1.29, 1.82) is 0 Å². The quantitative estimate of drug-likeness (QED) is 0.731. The zero-order chi connectivity index (χ0) is 14.4. The summed E-state index contributed by atoms with van der Waals surface area (Å²) in [7, 11) is 2.25. The zero-order valence-electron chi connectivity index (χ0n) is 12.6. The second-order valence-corrected chi connectivity index (χ2v) is 7.50. The van der Waals surface area contributed by atoms with Crippen LogP contribution in [0, 0.1) is 11.8 Å². The number of likely N-dealkylation sites (N-methyl/N-ethyl adjacent to an activating group) is 1. The summed E-state index contributed by atoms with van der Waals surface area (Å²) in [6, 6.07) is 6.97. The van der Waals surface area contributed by atoms with Crippen LogP contribution >= 0.6 is 0 Å². The largest absolute Gasteiger partial charge is 0.481 e. The molecule has 5 atom stereocenters. The third-order valence-electron chi connectivity index (χ3n) is 6.60. The van der Waals surface area contributed by atoms with E-state index in [9.17, 15) is 4.79 Å².